The standard InChI is InChI=1S/C3H5.H3O3P.Zn/c1-3-2;1-4(2)3;/h3H,1-2H2;4H,(H2,1,2,3);/q;;+2/p-2. The van der Waals surface area contributed by atoms with Gasteiger partial charge in [0.2, 0.25) is 0 Å². The Labute approximate surface area is 59.1 Å². The van der Waals surface area contributed by atoms with Crippen molar-refractivity contribution in [3.05, 3.63) is 12.7 Å². The van der Waals surface area contributed by atoms with Crippen molar-refractivity contribution >= 4 is 8.25 Å². The molecule has 0 aliphatic heterocycles. The van der Waals surface area contributed by atoms with Crippen LogP contribution in [0.1, 0.15) is 0 Å². The molecule has 0 radical (unpaired) electrons. The summed E-state index contributed by atoms with van der Waals surface area (Å²) in [6, 6.07) is 0. The van der Waals surface area contributed by atoms with E-state index in [2.05, 4.69) is 6.58 Å². The van der Waals surface area contributed by atoms with Crippen LogP contribution in [0.25, 0.3) is 0 Å². The molecule has 3 nitrogen and oxygen atoms in total. The minimum absolute atomic E-state index is 1.21. The van der Waals surface area contributed by atoms with Crippen LogP contribution in [0.4, 0.5) is 0 Å². The van der Waals surface area contributed by atoms with Gasteiger partial charge in [-0.2, -0.15) is 0 Å². The maximum atomic E-state index is 8.52. The summed E-state index contributed by atoms with van der Waals surface area (Å²) in [5, 5.41) is 1.21. The van der Waals surface area contributed by atoms with E-state index in [0.29, 0.717) is 0 Å². The fourth-order valence-electron chi connectivity index (χ4n) is 0. The Morgan fingerprint density at radius 2 is 1.88 bits per heavy atom. The SMILES string of the molecule is C=C[CH2][Zn+2].O=[PH]([O-])[O-]. The molecular formula is C3H6O3PZn. The van der Waals surface area contributed by atoms with Crippen molar-refractivity contribution < 1.29 is 32.7 Å². The van der Waals surface area contributed by atoms with Crippen molar-refractivity contribution in [2.45, 2.75) is 5.02 Å². The van der Waals surface area contributed by atoms with Gasteiger partial charge in [-0.05, 0) is 0 Å². The second-order valence-electron chi connectivity index (χ2n) is 0.827. The molecule has 0 fully saturated rings. The molecule has 8 heavy (non-hydrogen) atoms. The van der Waals surface area contributed by atoms with Gasteiger partial charge in [-0.1, -0.05) is 8.25 Å². The summed E-state index contributed by atoms with van der Waals surface area (Å²) in [4.78, 5) is 17.0. The Bertz CT molecular complexity index is 70.9. The van der Waals surface area contributed by atoms with E-state index < -0.39 is 8.25 Å². The molecule has 43 valence electrons. The molecule has 0 aromatic rings. The predicted octanol–water partition coefficient (Wildman–Crippen LogP) is -0.766. The van der Waals surface area contributed by atoms with E-state index in [-0.39, 0.29) is 0 Å². The zero-order chi connectivity index (χ0) is 6.99. The zero-order valence-corrected chi connectivity index (χ0v) is 8.39. The first-order valence-corrected chi connectivity index (χ1v) is 5.25. The summed E-state index contributed by atoms with van der Waals surface area (Å²) >= 11 is 1.35. The zero-order valence-electron chi connectivity index (χ0n) is 4.42. The molecule has 0 aromatic carbocycles. The van der Waals surface area contributed by atoms with Gasteiger partial charge in [-0.15, -0.1) is 0 Å². The Balaban J connectivity index is 0. The van der Waals surface area contributed by atoms with Crippen molar-refractivity contribution in [2.24, 2.45) is 0 Å². The van der Waals surface area contributed by atoms with Gasteiger partial charge >= 0.3 is 36.0 Å². The summed E-state index contributed by atoms with van der Waals surface area (Å²) < 4.78 is 8.52. The molecule has 0 aromatic heterocycles. The molecule has 0 aliphatic carbocycles. The van der Waals surface area contributed by atoms with E-state index in [0.717, 1.165) is 0 Å². The molecule has 0 saturated carbocycles. The largest absolute Gasteiger partial charge is 0.813 e. The van der Waals surface area contributed by atoms with Gasteiger partial charge in [-0.25, -0.2) is 0 Å². The van der Waals surface area contributed by atoms with Gasteiger partial charge in [0.1, 0.15) is 0 Å². The second-order valence-corrected chi connectivity index (χ2v) is 2.54. The van der Waals surface area contributed by atoms with E-state index in [1.54, 1.807) is 0 Å². The Hall–Kier alpha value is 0.513. The predicted molar refractivity (Wildman–Crippen MR) is 24.0 cm³/mol. The van der Waals surface area contributed by atoms with Gasteiger partial charge in [0.25, 0.3) is 0 Å². The fourth-order valence-corrected chi connectivity index (χ4v) is 0. The van der Waals surface area contributed by atoms with Gasteiger partial charge in [-0.3, -0.25) is 0 Å². The van der Waals surface area contributed by atoms with E-state index in [9.17, 15) is 0 Å². The third kappa shape index (κ3) is 86.4. The van der Waals surface area contributed by atoms with Gasteiger partial charge in [0.05, 0.1) is 0 Å². The summed E-state index contributed by atoms with van der Waals surface area (Å²) in [5.41, 5.74) is 0. The Morgan fingerprint density at radius 1 is 1.75 bits per heavy atom. The van der Waals surface area contributed by atoms with Crippen LogP contribution in [0.2, 0.25) is 5.02 Å². The minimum atomic E-state index is -3.63. The van der Waals surface area contributed by atoms with Crippen LogP contribution < -0.4 is 9.79 Å². The number of hydrogen-bond acceptors (Lipinski definition) is 3. The van der Waals surface area contributed by atoms with E-state index in [1.165, 1.54) is 23.3 Å². The van der Waals surface area contributed by atoms with Crippen LogP contribution in [0.3, 0.4) is 0 Å². The fraction of sp³-hybridized carbons (Fsp3) is 0.333. The first-order chi connectivity index (χ1) is 3.65. The smallest absolute Gasteiger partial charge is 0.0813 e. The molecule has 0 bridgehead atoms. The molecule has 0 aliphatic rings. The monoisotopic (exact) mass is 185 g/mol. The van der Waals surface area contributed by atoms with Crippen LogP contribution in [0.5, 0.6) is 0 Å². The molecule has 0 saturated heterocycles. The summed E-state index contributed by atoms with van der Waals surface area (Å²) in [7, 11) is -3.63. The number of rotatable bonds is 1. The Morgan fingerprint density at radius 3 is 1.88 bits per heavy atom. The molecule has 0 unspecified atom stereocenters. The second kappa shape index (κ2) is 10.5. The average Bonchev–Trinajstić information content (AvgIpc) is 1.65. The quantitative estimate of drug-likeness (QED) is 0.307. The maximum absolute atomic E-state index is 8.52. The average molecular weight is 186 g/mol. The van der Waals surface area contributed by atoms with E-state index in [4.69, 9.17) is 14.4 Å². The van der Waals surface area contributed by atoms with Gasteiger partial charge in [0, 0.05) is 0 Å². The molecule has 0 atom stereocenters. The third-order valence-corrected chi connectivity index (χ3v) is 1.06. The molecule has 0 spiro atoms. The molecule has 0 N–H and O–H groups in total. The molecule has 0 rings (SSSR count). The van der Waals surface area contributed by atoms with Crippen molar-refractivity contribution in [2.75, 3.05) is 0 Å². The molecule has 5 heteroatoms. The van der Waals surface area contributed by atoms with Crippen LogP contribution in [0.15, 0.2) is 12.7 Å². The molecule has 0 amide bonds. The molecule has 0 heterocycles. The summed E-state index contributed by atoms with van der Waals surface area (Å²) in [5.74, 6) is 0. The minimum Gasteiger partial charge on any atom is -0.813 e. The van der Waals surface area contributed by atoms with Crippen LogP contribution >= 0.6 is 8.25 Å². The number of hydrogen-bond donors (Lipinski definition) is 0. The first kappa shape index (κ1) is 11.3. The van der Waals surface area contributed by atoms with Gasteiger partial charge < -0.3 is 14.4 Å². The van der Waals surface area contributed by atoms with Gasteiger partial charge in [0.15, 0.2) is 0 Å². The van der Waals surface area contributed by atoms with Crippen molar-refractivity contribution in [1.29, 1.82) is 0 Å². The first-order valence-electron chi connectivity index (χ1n) is 1.93. The van der Waals surface area contributed by atoms with Crippen molar-refractivity contribution in [1.82, 2.24) is 0 Å². The molecular weight excluding hydrogens is 180 g/mol. The van der Waals surface area contributed by atoms with Crippen LogP contribution in [0, 0.1) is 0 Å². The normalized spacial score (nSPS) is 7.62. The number of allylic oxidation sites excluding steroid dienone is 1. The topological polar surface area (TPSA) is 63.2 Å². The summed E-state index contributed by atoms with van der Waals surface area (Å²) in [6.07, 6.45) is 1.93. The van der Waals surface area contributed by atoms with Crippen molar-refractivity contribution in [3.8, 4) is 0 Å². The van der Waals surface area contributed by atoms with E-state index in [1.807, 2.05) is 6.08 Å². The summed E-state index contributed by atoms with van der Waals surface area (Å²) in [6.45, 7) is 3.51. The van der Waals surface area contributed by atoms with E-state index >= 15 is 0 Å². The van der Waals surface area contributed by atoms with Crippen LogP contribution in [-0.2, 0) is 22.9 Å². The Kier molecular flexibility index (Phi) is 14.8. The maximum Gasteiger partial charge on any atom is -0.0813 e. The third-order valence-electron chi connectivity index (χ3n) is 0.204. The van der Waals surface area contributed by atoms with Crippen molar-refractivity contribution in [3.63, 3.8) is 0 Å². The van der Waals surface area contributed by atoms with Crippen LogP contribution in [-0.4, -0.2) is 0 Å².